The Morgan fingerprint density at radius 3 is 2.41 bits per heavy atom. The van der Waals surface area contributed by atoms with Crippen LogP contribution >= 0.6 is 0 Å². The first-order valence-corrected chi connectivity index (χ1v) is 9.56. The van der Waals surface area contributed by atoms with E-state index >= 15 is 0 Å². The minimum Gasteiger partial charge on any atom is -0.337 e. The summed E-state index contributed by atoms with van der Waals surface area (Å²) in [7, 11) is 2.87. The van der Waals surface area contributed by atoms with Crippen LogP contribution in [-0.2, 0) is 18.9 Å². The lowest BCUT2D eigenvalue weighted by molar-refractivity contribution is -0.133. The third-order valence-electron chi connectivity index (χ3n) is 5.68. The fourth-order valence-corrected chi connectivity index (χ4v) is 3.65. The monoisotopic (exact) mass is 376 g/mol. The zero-order valence-corrected chi connectivity index (χ0v) is 16.5. The van der Waals surface area contributed by atoms with Crippen LogP contribution in [0.3, 0.4) is 0 Å². The zero-order chi connectivity index (χ0) is 19.9. The predicted molar refractivity (Wildman–Crippen MR) is 101 cm³/mol. The van der Waals surface area contributed by atoms with Gasteiger partial charge in [0.15, 0.2) is 0 Å². The zero-order valence-electron chi connectivity index (χ0n) is 16.5. The Balaban J connectivity index is 1.90. The molecular weight excluding hydrogens is 348 g/mol. The van der Waals surface area contributed by atoms with Gasteiger partial charge in [0.2, 0.25) is 5.91 Å². The van der Waals surface area contributed by atoms with Crippen molar-refractivity contribution in [2.75, 3.05) is 19.6 Å². The van der Waals surface area contributed by atoms with E-state index in [0.717, 1.165) is 24.0 Å². The molecule has 1 unspecified atom stereocenters. The van der Waals surface area contributed by atoms with Crippen LogP contribution in [0.2, 0.25) is 0 Å². The van der Waals surface area contributed by atoms with Crippen molar-refractivity contribution in [3.63, 3.8) is 0 Å². The summed E-state index contributed by atoms with van der Waals surface area (Å²) in [6.07, 6.45) is 2.58. The largest absolute Gasteiger partial charge is 0.337 e. The number of nitrogens with zero attached hydrogens (tertiary/aromatic N) is 4. The fourth-order valence-electron chi connectivity index (χ4n) is 3.65. The molecule has 8 heteroatoms. The molecule has 148 valence electrons. The molecule has 0 N–H and O–H groups in total. The molecule has 3 rings (SSSR count). The Morgan fingerprint density at radius 2 is 1.81 bits per heavy atom. The van der Waals surface area contributed by atoms with Gasteiger partial charge in [-0.05, 0) is 24.7 Å². The summed E-state index contributed by atoms with van der Waals surface area (Å²) in [6.45, 7) is 5.58. The van der Waals surface area contributed by atoms with Crippen LogP contribution in [0.5, 0.6) is 0 Å². The molecule has 0 aromatic carbocycles. The molecule has 1 aromatic heterocycles. The van der Waals surface area contributed by atoms with E-state index in [1.54, 1.807) is 4.90 Å². The van der Waals surface area contributed by atoms with Crippen LogP contribution in [0.1, 0.15) is 43.6 Å². The molecule has 1 saturated heterocycles. The first-order chi connectivity index (χ1) is 12.7. The van der Waals surface area contributed by atoms with E-state index in [1.807, 2.05) is 4.90 Å². The minimum atomic E-state index is -0.535. The van der Waals surface area contributed by atoms with Gasteiger partial charge in [-0.1, -0.05) is 13.8 Å². The summed E-state index contributed by atoms with van der Waals surface area (Å²) in [6, 6.07) is 1.14. The highest BCUT2D eigenvalue weighted by Gasteiger charge is 2.37. The number of aromatic nitrogens is 2. The molecule has 2 heterocycles. The molecule has 1 aromatic rings. The molecule has 27 heavy (non-hydrogen) atoms. The Morgan fingerprint density at radius 1 is 1.15 bits per heavy atom. The van der Waals surface area contributed by atoms with Crippen molar-refractivity contribution >= 4 is 11.8 Å². The standard InChI is InChI=1S/C19H28N4O4/c1-12(2)15-11-22(8-7-16(24)23(15)10-13-5-6-13)18(26)14-9-17(25)21(4)19(27)20(14)3/h9,12-13,15H,5-8,10-11H2,1-4H3. The second-order valence-corrected chi connectivity index (χ2v) is 8.07. The first-order valence-electron chi connectivity index (χ1n) is 9.56. The number of hydrogen-bond donors (Lipinski definition) is 0. The number of carbonyl (C=O) groups excluding carboxylic acids is 2. The van der Waals surface area contributed by atoms with Crippen molar-refractivity contribution in [1.29, 1.82) is 0 Å². The van der Waals surface area contributed by atoms with Gasteiger partial charge in [0.05, 0.1) is 6.04 Å². The summed E-state index contributed by atoms with van der Waals surface area (Å²) < 4.78 is 2.17. The summed E-state index contributed by atoms with van der Waals surface area (Å²) >= 11 is 0. The maximum atomic E-state index is 13.1. The number of carbonyl (C=O) groups is 2. The average Bonchev–Trinajstić information content (AvgIpc) is 3.45. The third-order valence-corrected chi connectivity index (χ3v) is 5.68. The Hall–Kier alpha value is -2.38. The second-order valence-electron chi connectivity index (χ2n) is 8.07. The van der Waals surface area contributed by atoms with Gasteiger partial charge < -0.3 is 9.80 Å². The molecule has 2 fully saturated rings. The van der Waals surface area contributed by atoms with Crippen molar-refractivity contribution in [3.05, 3.63) is 32.6 Å². The van der Waals surface area contributed by atoms with Gasteiger partial charge in [0, 0.05) is 46.2 Å². The van der Waals surface area contributed by atoms with Crippen molar-refractivity contribution in [3.8, 4) is 0 Å². The highest BCUT2D eigenvalue weighted by molar-refractivity contribution is 5.93. The summed E-state index contributed by atoms with van der Waals surface area (Å²) in [5, 5.41) is 0. The van der Waals surface area contributed by atoms with E-state index in [-0.39, 0.29) is 35.9 Å². The van der Waals surface area contributed by atoms with Crippen LogP contribution in [0, 0.1) is 11.8 Å². The van der Waals surface area contributed by atoms with E-state index in [1.165, 1.54) is 24.7 Å². The molecular formula is C19H28N4O4. The lowest BCUT2D eigenvalue weighted by atomic mass is 10.0. The van der Waals surface area contributed by atoms with Crippen LogP contribution in [0.15, 0.2) is 15.7 Å². The molecule has 1 aliphatic carbocycles. The molecule has 0 radical (unpaired) electrons. The van der Waals surface area contributed by atoms with E-state index in [0.29, 0.717) is 19.0 Å². The van der Waals surface area contributed by atoms with Gasteiger partial charge in [-0.2, -0.15) is 0 Å². The highest BCUT2D eigenvalue weighted by Crippen LogP contribution is 2.32. The molecule has 0 bridgehead atoms. The van der Waals surface area contributed by atoms with Crippen LogP contribution in [0.25, 0.3) is 0 Å². The second kappa shape index (κ2) is 7.32. The maximum Gasteiger partial charge on any atom is 0.331 e. The lowest BCUT2D eigenvalue weighted by Gasteiger charge is -2.35. The average molecular weight is 376 g/mol. The Bertz CT molecular complexity index is 865. The Kier molecular flexibility index (Phi) is 5.26. The van der Waals surface area contributed by atoms with E-state index in [2.05, 4.69) is 13.8 Å². The van der Waals surface area contributed by atoms with Crippen LogP contribution in [-0.4, -0.2) is 56.4 Å². The SMILES string of the molecule is CC(C)C1CN(C(=O)c2cc(=O)n(C)c(=O)n2C)CCC(=O)N1CC1CC1. The van der Waals surface area contributed by atoms with Gasteiger partial charge in [-0.25, -0.2) is 4.79 Å². The number of rotatable bonds is 4. The molecule has 1 atom stereocenters. The van der Waals surface area contributed by atoms with Crippen molar-refractivity contribution in [2.45, 2.75) is 39.2 Å². The highest BCUT2D eigenvalue weighted by atomic mass is 16.2. The topological polar surface area (TPSA) is 84.6 Å². The van der Waals surface area contributed by atoms with E-state index < -0.39 is 11.2 Å². The molecule has 2 amide bonds. The number of amides is 2. The van der Waals surface area contributed by atoms with Crippen molar-refractivity contribution in [1.82, 2.24) is 18.9 Å². The van der Waals surface area contributed by atoms with E-state index in [9.17, 15) is 19.2 Å². The smallest absolute Gasteiger partial charge is 0.331 e. The summed E-state index contributed by atoms with van der Waals surface area (Å²) in [5.74, 6) is 0.483. The molecule has 0 spiro atoms. The van der Waals surface area contributed by atoms with Gasteiger partial charge in [-0.15, -0.1) is 0 Å². The molecule has 2 aliphatic rings. The minimum absolute atomic E-state index is 0.0619. The quantitative estimate of drug-likeness (QED) is 0.751. The number of hydrogen-bond acceptors (Lipinski definition) is 4. The van der Waals surface area contributed by atoms with Gasteiger partial charge in [0.1, 0.15) is 5.69 Å². The summed E-state index contributed by atoms with van der Waals surface area (Å²) in [4.78, 5) is 53.5. The fraction of sp³-hybridized carbons (Fsp3) is 0.684. The Labute approximate surface area is 158 Å². The van der Waals surface area contributed by atoms with Gasteiger partial charge in [-0.3, -0.25) is 23.5 Å². The van der Waals surface area contributed by atoms with Gasteiger partial charge >= 0.3 is 5.69 Å². The maximum absolute atomic E-state index is 13.1. The lowest BCUT2D eigenvalue weighted by Crippen LogP contribution is -2.49. The molecule has 1 aliphatic heterocycles. The molecule has 1 saturated carbocycles. The van der Waals surface area contributed by atoms with Crippen molar-refractivity contribution in [2.24, 2.45) is 25.9 Å². The van der Waals surface area contributed by atoms with Crippen LogP contribution in [0.4, 0.5) is 0 Å². The van der Waals surface area contributed by atoms with Crippen molar-refractivity contribution < 1.29 is 9.59 Å². The molecule has 8 nitrogen and oxygen atoms in total. The summed E-state index contributed by atoms with van der Waals surface area (Å²) in [5.41, 5.74) is -0.982. The predicted octanol–water partition coefficient (Wildman–Crippen LogP) is 0.193. The van der Waals surface area contributed by atoms with Crippen LogP contribution < -0.4 is 11.2 Å². The van der Waals surface area contributed by atoms with Gasteiger partial charge in [0.25, 0.3) is 11.5 Å². The first kappa shape index (κ1) is 19.4. The normalized spacial score (nSPS) is 20.9. The third kappa shape index (κ3) is 3.84. The van der Waals surface area contributed by atoms with E-state index in [4.69, 9.17) is 0 Å².